The smallest absolute Gasteiger partial charge is 0.251 e. The molecule has 0 bridgehead atoms. The van der Waals surface area contributed by atoms with Crippen LogP contribution in [0.2, 0.25) is 0 Å². The van der Waals surface area contributed by atoms with Crippen LogP contribution in [-0.2, 0) is 10.8 Å². The zero-order valence-electron chi connectivity index (χ0n) is 13.2. The molecule has 3 unspecified atom stereocenters. The monoisotopic (exact) mass is 331 g/mol. The average Bonchev–Trinajstić information content (AvgIpc) is 2.55. The predicted molar refractivity (Wildman–Crippen MR) is 91.7 cm³/mol. The molecule has 0 aliphatic rings. The highest BCUT2D eigenvalue weighted by atomic mass is 32.2. The van der Waals surface area contributed by atoms with E-state index in [0.29, 0.717) is 16.9 Å². The predicted octanol–water partition coefficient (Wildman–Crippen LogP) is 2.67. The average molecular weight is 331 g/mol. The second-order valence-electron chi connectivity index (χ2n) is 5.52. The van der Waals surface area contributed by atoms with Crippen molar-refractivity contribution < 1.29 is 14.1 Å². The van der Waals surface area contributed by atoms with Crippen LogP contribution in [0.4, 0.5) is 0 Å². The Bertz CT molecular complexity index is 670. The summed E-state index contributed by atoms with van der Waals surface area (Å²) >= 11 is 0. The highest BCUT2D eigenvalue weighted by Crippen LogP contribution is 2.18. The molecule has 0 aliphatic carbocycles. The van der Waals surface area contributed by atoms with Gasteiger partial charge in [-0.15, -0.1) is 0 Å². The Morgan fingerprint density at radius 3 is 2.30 bits per heavy atom. The van der Waals surface area contributed by atoms with E-state index in [0.717, 1.165) is 5.56 Å². The number of benzene rings is 2. The van der Waals surface area contributed by atoms with Crippen LogP contribution < -0.4 is 5.32 Å². The SMILES string of the molecule is CC(CC(O)c1ccccc1)NC(=O)c1ccc(S(C)=O)cc1. The van der Waals surface area contributed by atoms with Gasteiger partial charge >= 0.3 is 0 Å². The lowest BCUT2D eigenvalue weighted by atomic mass is 10.0. The normalized spacial score (nSPS) is 14.7. The number of aliphatic hydroxyl groups is 1. The zero-order valence-corrected chi connectivity index (χ0v) is 14.0. The van der Waals surface area contributed by atoms with Gasteiger partial charge in [0, 0.05) is 33.6 Å². The van der Waals surface area contributed by atoms with Crippen molar-refractivity contribution in [3.8, 4) is 0 Å². The molecule has 2 rings (SSSR count). The van der Waals surface area contributed by atoms with Crippen molar-refractivity contribution in [3.63, 3.8) is 0 Å². The van der Waals surface area contributed by atoms with Crippen molar-refractivity contribution in [2.75, 3.05) is 6.26 Å². The fourth-order valence-corrected chi connectivity index (χ4v) is 2.83. The summed E-state index contributed by atoms with van der Waals surface area (Å²) in [5.41, 5.74) is 1.35. The Morgan fingerprint density at radius 2 is 1.74 bits per heavy atom. The standard InChI is InChI=1S/C18H21NO3S/c1-13(12-17(20)14-6-4-3-5-7-14)19-18(21)15-8-10-16(11-9-15)23(2)22/h3-11,13,17,20H,12H2,1-2H3,(H,19,21). The minimum Gasteiger partial charge on any atom is -0.388 e. The van der Waals surface area contributed by atoms with Gasteiger partial charge in [-0.1, -0.05) is 30.3 Å². The molecule has 122 valence electrons. The van der Waals surface area contributed by atoms with Gasteiger partial charge < -0.3 is 10.4 Å². The quantitative estimate of drug-likeness (QED) is 0.855. The molecule has 0 spiro atoms. The van der Waals surface area contributed by atoms with Crippen LogP contribution in [0.25, 0.3) is 0 Å². The van der Waals surface area contributed by atoms with Crippen molar-refractivity contribution in [1.29, 1.82) is 0 Å². The zero-order chi connectivity index (χ0) is 16.8. The van der Waals surface area contributed by atoms with Crippen LogP contribution in [0.1, 0.15) is 35.4 Å². The van der Waals surface area contributed by atoms with Crippen molar-refractivity contribution in [1.82, 2.24) is 5.32 Å². The number of hydrogen-bond donors (Lipinski definition) is 2. The highest BCUT2D eigenvalue weighted by Gasteiger charge is 2.15. The summed E-state index contributed by atoms with van der Waals surface area (Å²) in [4.78, 5) is 12.9. The van der Waals surface area contributed by atoms with Gasteiger partial charge in [0.05, 0.1) is 6.10 Å². The molecule has 2 aromatic rings. The Balaban J connectivity index is 1.93. The second kappa shape index (κ2) is 8.04. The van der Waals surface area contributed by atoms with Crippen LogP contribution in [0.3, 0.4) is 0 Å². The molecule has 0 saturated carbocycles. The molecule has 0 saturated heterocycles. The van der Waals surface area contributed by atoms with E-state index in [2.05, 4.69) is 5.32 Å². The lowest BCUT2D eigenvalue weighted by Crippen LogP contribution is -2.33. The number of amides is 1. The number of aliphatic hydroxyl groups excluding tert-OH is 1. The Labute approximate surface area is 139 Å². The summed E-state index contributed by atoms with van der Waals surface area (Å²) < 4.78 is 11.3. The Kier molecular flexibility index (Phi) is 6.07. The number of carbonyl (C=O) groups is 1. The topological polar surface area (TPSA) is 66.4 Å². The first-order valence-corrected chi connectivity index (χ1v) is 9.00. The molecule has 2 aromatic carbocycles. The number of rotatable bonds is 6. The molecule has 0 aromatic heterocycles. The highest BCUT2D eigenvalue weighted by molar-refractivity contribution is 7.84. The molecule has 23 heavy (non-hydrogen) atoms. The molecule has 2 N–H and O–H groups in total. The first-order valence-electron chi connectivity index (χ1n) is 7.44. The van der Waals surface area contributed by atoms with Gasteiger partial charge in [-0.25, -0.2) is 0 Å². The second-order valence-corrected chi connectivity index (χ2v) is 6.89. The largest absolute Gasteiger partial charge is 0.388 e. The maximum absolute atomic E-state index is 12.2. The van der Waals surface area contributed by atoms with Gasteiger partial charge in [-0.3, -0.25) is 9.00 Å². The summed E-state index contributed by atoms with van der Waals surface area (Å²) in [5, 5.41) is 13.1. The van der Waals surface area contributed by atoms with Crippen molar-refractivity contribution in [2.24, 2.45) is 0 Å². The van der Waals surface area contributed by atoms with Crippen molar-refractivity contribution >= 4 is 16.7 Å². The van der Waals surface area contributed by atoms with E-state index in [1.807, 2.05) is 37.3 Å². The molecular weight excluding hydrogens is 310 g/mol. The third kappa shape index (κ3) is 5.01. The fourth-order valence-electron chi connectivity index (χ4n) is 2.31. The van der Waals surface area contributed by atoms with Gasteiger partial charge in [-0.2, -0.15) is 0 Å². The molecule has 0 aliphatic heterocycles. The third-order valence-corrected chi connectivity index (χ3v) is 4.52. The van der Waals surface area contributed by atoms with Crippen LogP contribution in [0.15, 0.2) is 59.5 Å². The lowest BCUT2D eigenvalue weighted by Gasteiger charge is -2.18. The van der Waals surface area contributed by atoms with E-state index in [1.54, 1.807) is 30.5 Å². The van der Waals surface area contributed by atoms with Crippen molar-refractivity contribution in [3.05, 3.63) is 65.7 Å². The van der Waals surface area contributed by atoms with Gasteiger partial charge in [-0.05, 0) is 43.2 Å². The van der Waals surface area contributed by atoms with E-state index < -0.39 is 16.9 Å². The van der Waals surface area contributed by atoms with Gasteiger partial charge in [0.25, 0.3) is 5.91 Å². The molecule has 1 amide bonds. The molecule has 0 heterocycles. The Morgan fingerprint density at radius 1 is 1.13 bits per heavy atom. The summed E-state index contributed by atoms with van der Waals surface area (Å²) in [6.07, 6.45) is 1.42. The maximum Gasteiger partial charge on any atom is 0.251 e. The first kappa shape index (κ1) is 17.4. The molecule has 0 fully saturated rings. The third-order valence-electron chi connectivity index (χ3n) is 3.59. The van der Waals surface area contributed by atoms with Gasteiger partial charge in [0.1, 0.15) is 0 Å². The molecule has 0 radical (unpaired) electrons. The van der Waals surface area contributed by atoms with Crippen molar-refractivity contribution in [2.45, 2.75) is 30.4 Å². The minimum atomic E-state index is -1.05. The lowest BCUT2D eigenvalue weighted by molar-refractivity contribution is 0.0917. The van der Waals surface area contributed by atoms with E-state index in [9.17, 15) is 14.1 Å². The van der Waals surface area contributed by atoms with Gasteiger partial charge in [0.15, 0.2) is 0 Å². The summed E-state index contributed by atoms with van der Waals surface area (Å²) in [7, 11) is -1.05. The van der Waals surface area contributed by atoms with Gasteiger partial charge in [0.2, 0.25) is 0 Å². The fraction of sp³-hybridized carbons (Fsp3) is 0.278. The number of carbonyl (C=O) groups excluding carboxylic acids is 1. The Hall–Kier alpha value is -1.98. The van der Waals surface area contributed by atoms with Crippen LogP contribution in [0, 0.1) is 0 Å². The van der Waals surface area contributed by atoms with E-state index in [-0.39, 0.29) is 11.9 Å². The van der Waals surface area contributed by atoms with Crippen LogP contribution >= 0.6 is 0 Å². The molecule has 3 atom stereocenters. The molecular formula is C18H21NO3S. The number of nitrogens with one attached hydrogen (secondary N) is 1. The summed E-state index contributed by atoms with van der Waals surface area (Å²) in [6, 6.07) is 15.9. The van der Waals surface area contributed by atoms with E-state index in [1.165, 1.54) is 0 Å². The maximum atomic E-state index is 12.2. The summed E-state index contributed by atoms with van der Waals surface area (Å²) in [5.74, 6) is -0.203. The van der Waals surface area contributed by atoms with Crippen LogP contribution in [-0.4, -0.2) is 27.5 Å². The van der Waals surface area contributed by atoms with E-state index >= 15 is 0 Å². The van der Waals surface area contributed by atoms with E-state index in [4.69, 9.17) is 0 Å². The summed E-state index contributed by atoms with van der Waals surface area (Å²) in [6.45, 7) is 1.86. The number of hydrogen-bond acceptors (Lipinski definition) is 3. The molecule has 4 nitrogen and oxygen atoms in total. The molecule has 5 heteroatoms. The first-order chi connectivity index (χ1) is 11.0. The minimum absolute atomic E-state index is 0.169. The van der Waals surface area contributed by atoms with Crippen LogP contribution in [0.5, 0.6) is 0 Å².